The zero-order chi connectivity index (χ0) is 44.5. The predicted octanol–water partition coefficient (Wildman–Crippen LogP) is 13.1. The van der Waals surface area contributed by atoms with Gasteiger partial charge >= 0.3 is 11.9 Å². The number of ketones is 3. The summed E-state index contributed by atoms with van der Waals surface area (Å²) in [6.07, 6.45) is 0. The van der Waals surface area contributed by atoms with Crippen molar-refractivity contribution in [1.29, 1.82) is 0 Å². The maximum Gasteiger partial charge on any atom is 0.335 e. The average molecular weight is 971 g/mol. The van der Waals surface area contributed by atoms with Crippen molar-refractivity contribution < 1.29 is 48.0 Å². The van der Waals surface area contributed by atoms with Crippen molar-refractivity contribution >= 4 is 93.6 Å². The van der Waals surface area contributed by atoms with Crippen molar-refractivity contribution in [2.75, 3.05) is 0 Å². The van der Waals surface area contributed by atoms with E-state index in [2.05, 4.69) is 21.4 Å². The van der Waals surface area contributed by atoms with E-state index in [0.29, 0.717) is 33.4 Å². The van der Waals surface area contributed by atoms with E-state index in [9.17, 15) is 33.6 Å². The highest BCUT2D eigenvalue weighted by molar-refractivity contribution is 8.26. The van der Waals surface area contributed by atoms with Crippen LogP contribution in [0.3, 0.4) is 0 Å². The van der Waals surface area contributed by atoms with Crippen molar-refractivity contribution in [3.05, 3.63) is 212 Å². The number of aryl methyl sites for hydroxylation is 2. The van der Waals surface area contributed by atoms with Gasteiger partial charge in [-0.05, 0) is 85.6 Å². The Kier molecular flexibility index (Phi) is 27.5. The Morgan fingerprint density at radius 1 is 0.344 bits per heavy atom. The lowest BCUT2D eigenvalue weighted by Gasteiger charge is -2.02. The van der Waals surface area contributed by atoms with E-state index in [-0.39, 0.29) is 58.2 Å². The summed E-state index contributed by atoms with van der Waals surface area (Å²) in [5.74, 6) is -2.55. The summed E-state index contributed by atoms with van der Waals surface area (Å²) in [4.78, 5) is 79.6. The van der Waals surface area contributed by atoms with Crippen LogP contribution in [0, 0.1) is 13.8 Å². The number of halogens is 4. The number of carbonyl (C=O) groups excluding carboxylic acids is 5. The number of rotatable bonds is 10. The van der Waals surface area contributed by atoms with Gasteiger partial charge in [0.25, 0.3) is 10.5 Å². The van der Waals surface area contributed by atoms with Crippen LogP contribution in [0.1, 0.15) is 130 Å². The molecule has 2 N–H and O–H groups in total. The fraction of sp³-hybridized carbons (Fsp3) is 0.122. The SMILES string of the molecule is C.C.C.C.Cc1ccc(C(=O)c2ccc(C)cc2)cc1.O=C(Cl)c1ccc(C(=O)c2ccc(C(=O)Cl)cc2)cc1.O=C(O)c1ccc(C(=O)c2ccc(C(=O)O)cc2)cc1.O=S(Cl)Cl. The van der Waals surface area contributed by atoms with E-state index in [1.807, 2.05) is 62.4 Å². The minimum absolute atomic E-state index is 0. The third-order valence-corrected chi connectivity index (χ3v) is 8.60. The Bertz CT molecular complexity index is 2210. The van der Waals surface area contributed by atoms with Crippen LogP contribution in [0.15, 0.2) is 146 Å². The normalized spacial score (nSPS) is 9.36. The third-order valence-electron chi connectivity index (χ3n) is 8.16. The number of aromatic carboxylic acids is 2. The van der Waals surface area contributed by atoms with E-state index in [0.717, 1.165) is 11.1 Å². The van der Waals surface area contributed by atoms with Gasteiger partial charge in [0.1, 0.15) is 0 Å². The van der Waals surface area contributed by atoms with Crippen LogP contribution in [-0.2, 0) is 9.23 Å². The number of benzene rings is 6. The monoisotopic (exact) mass is 968 g/mol. The van der Waals surface area contributed by atoms with Crippen LogP contribution in [0.2, 0.25) is 0 Å². The van der Waals surface area contributed by atoms with Crippen molar-refractivity contribution in [3.63, 3.8) is 0 Å². The second kappa shape index (κ2) is 29.3. The molecule has 0 aliphatic heterocycles. The van der Waals surface area contributed by atoms with Crippen molar-refractivity contribution in [2.24, 2.45) is 0 Å². The Balaban J connectivity index is 0. The Morgan fingerprint density at radius 3 is 0.641 bits per heavy atom. The molecule has 0 atom stereocenters. The largest absolute Gasteiger partial charge is 0.478 e. The molecule has 6 rings (SSSR count). The highest BCUT2D eigenvalue weighted by Gasteiger charge is 2.13. The smallest absolute Gasteiger partial charge is 0.335 e. The maximum absolute atomic E-state index is 12.2. The predicted molar refractivity (Wildman–Crippen MR) is 259 cm³/mol. The first-order valence-corrected chi connectivity index (χ1v) is 20.7. The molecule has 6 aromatic rings. The number of carboxylic acid groups (broad SMARTS) is 2. The second-order valence-corrected chi connectivity index (χ2v) is 15.6. The summed E-state index contributed by atoms with van der Waals surface area (Å²) in [7, 11) is 7.36. The summed E-state index contributed by atoms with van der Waals surface area (Å²) >= 11 is 10.7. The fourth-order valence-corrected chi connectivity index (χ4v) is 5.20. The molecule has 0 radical (unpaired) electrons. The molecule has 0 spiro atoms. The topological polar surface area (TPSA) is 177 Å². The average Bonchev–Trinajstić information content (AvgIpc) is 3.24. The first-order chi connectivity index (χ1) is 28.4. The molecule has 0 aliphatic rings. The van der Waals surface area contributed by atoms with E-state index in [1.165, 1.54) is 108 Å². The number of hydrogen-bond acceptors (Lipinski definition) is 8. The molecule has 0 amide bonds. The van der Waals surface area contributed by atoms with Crippen LogP contribution in [0.4, 0.5) is 0 Å². The lowest BCUT2D eigenvalue weighted by molar-refractivity contribution is 0.0686. The highest BCUT2D eigenvalue weighted by atomic mass is 36.0. The summed E-state index contributed by atoms with van der Waals surface area (Å²) in [6.45, 7) is 4.03. The fourth-order valence-electron chi connectivity index (χ4n) is 4.94. The van der Waals surface area contributed by atoms with Crippen LogP contribution < -0.4 is 0 Å². The third kappa shape index (κ3) is 19.1. The number of hydrogen-bond donors (Lipinski definition) is 2. The van der Waals surface area contributed by atoms with Crippen molar-refractivity contribution in [1.82, 2.24) is 0 Å². The molecule has 338 valence electrons. The van der Waals surface area contributed by atoms with E-state index >= 15 is 0 Å². The molecule has 15 heteroatoms. The first-order valence-electron chi connectivity index (χ1n) is 17.2. The zero-order valence-electron chi connectivity index (χ0n) is 31.4. The van der Waals surface area contributed by atoms with Gasteiger partial charge in [0, 0.05) is 65.9 Å². The standard InChI is InChI=1S/C15H8Cl2O3.C15H10O5.C15H14O.4CH4.Cl2OS/c16-14(19)11-5-1-9(2-6-11)13(18)10-3-7-12(8-4-10)15(17)20;16-13(9-1-5-11(6-2-9)14(17)18)10-3-7-12(8-4-10)15(19)20;1-11-3-7-13(8-4-11)15(16)14-9-5-12(2)6-10-14;;;;;1-4(2)3/h1-8H;1-8H,(H,17,18)(H,19,20);3-10H,1-2H3;4*1H4;. The van der Waals surface area contributed by atoms with Gasteiger partial charge < -0.3 is 10.2 Å². The molecule has 0 aliphatic carbocycles. The number of carboxylic acids is 2. The van der Waals surface area contributed by atoms with Crippen LogP contribution in [0.5, 0.6) is 0 Å². The molecule has 0 bridgehead atoms. The minimum Gasteiger partial charge on any atom is -0.478 e. The molecule has 0 aromatic heterocycles. The summed E-state index contributed by atoms with van der Waals surface area (Å²) in [5, 5.41) is 16.4. The molecule has 0 saturated heterocycles. The highest BCUT2D eigenvalue weighted by Crippen LogP contribution is 2.16. The molecule has 10 nitrogen and oxygen atoms in total. The van der Waals surface area contributed by atoms with Gasteiger partial charge in [0.2, 0.25) is 9.23 Å². The van der Waals surface area contributed by atoms with E-state index in [4.69, 9.17) is 37.6 Å². The molecule has 0 heterocycles. The zero-order valence-corrected chi connectivity index (χ0v) is 35.3. The molecule has 64 heavy (non-hydrogen) atoms. The van der Waals surface area contributed by atoms with Gasteiger partial charge in [0.05, 0.1) is 11.1 Å². The lowest BCUT2D eigenvalue weighted by atomic mass is 10.0. The second-order valence-electron chi connectivity index (χ2n) is 12.4. The molecular formula is C49H48Cl4O10S. The quantitative estimate of drug-likeness (QED) is 0.0992. The van der Waals surface area contributed by atoms with Crippen molar-refractivity contribution in [3.8, 4) is 0 Å². The molecule has 0 fully saturated rings. The first kappa shape index (κ1) is 60.0. The van der Waals surface area contributed by atoms with Gasteiger partial charge in [0.15, 0.2) is 17.3 Å². The lowest BCUT2D eigenvalue weighted by Crippen LogP contribution is -2.04. The summed E-state index contributed by atoms with van der Waals surface area (Å²) < 4.78 is 9.09. The Labute approximate surface area is 395 Å². The Hall–Kier alpha value is -6.08. The van der Waals surface area contributed by atoms with Gasteiger partial charge in [-0.15, -0.1) is 0 Å². The molecule has 6 aromatic carbocycles. The maximum atomic E-state index is 12.2. The molecule has 0 unspecified atom stereocenters. The van der Waals surface area contributed by atoms with Crippen molar-refractivity contribution in [2.45, 2.75) is 43.6 Å². The van der Waals surface area contributed by atoms with Crippen LogP contribution >= 0.6 is 44.6 Å². The molecule has 0 saturated carbocycles. The van der Waals surface area contributed by atoms with Gasteiger partial charge in [-0.25, -0.2) is 13.8 Å². The minimum atomic E-state index is -1.67. The van der Waals surface area contributed by atoms with E-state index in [1.54, 1.807) is 0 Å². The van der Waals surface area contributed by atoms with Crippen LogP contribution in [-0.4, -0.2) is 54.2 Å². The van der Waals surface area contributed by atoms with E-state index < -0.39 is 31.7 Å². The number of carbonyl (C=O) groups is 7. The van der Waals surface area contributed by atoms with Crippen LogP contribution in [0.25, 0.3) is 0 Å². The summed E-state index contributed by atoms with van der Waals surface area (Å²) in [5.41, 5.74) is 6.22. The Morgan fingerprint density at radius 2 is 0.484 bits per heavy atom. The van der Waals surface area contributed by atoms with Gasteiger partial charge in [-0.3, -0.25) is 24.0 Å². The summed E-state index contributed by atoms with van der Waals surface area (Å²) in [6, 6.07) is 38.5. The molecular weight excluding hydrogens is 922 g/mol. The van der Waals surface area contributed by atoms with Gasteiger partial charge in [-0.1, -0.05) is 138 Å². The van der Waals surface area contributed by atoms with Gasteiger partial charge in [-0.2, -0.15) is 0 Å².